The Morgan fingerprint density at radius 1 is 1.42 bits per heavy atom. The van der Waals surface area contributed by atoms with Crippen LogP contribution in [0.15, 0.2) is 18.2 Å². The predicted octanol–water partition coefficient (Wildman–Crippen LogP) is 3.03. The van der Waals surface area contributed by atoms with Crippen molar-refractivity contribution in [2.75, 3.05) is 31.6 Å². The van der Waals surface area contributed by atoms with Gasteiger partial charge in [-0.05, 0) is 62.4 Å². The van der Waals surface area contributed by atoms with Gasteiger partial charge in [-0.3, -0.25) is 9.69 Å². The third-order valence-electron chi connectivity index (χ3n) is 5.16. The number of thiazole rings is 1. The molecule has 1 saturated heterocycles. The largest absolute Gasteiger partial charge is 0.396 e. The number of rotatable bonds is 5. The molecule has 0 radical (unpaired) electrons. The van der Waals surface area contributed by atoms with E-state index in [0.717, 1.165) is 42.6 Å². The molecule has 1 aromatic heterocycles. The first kappa shape index (κ1) is 17.3. The van der Waals surface area contributed by atoms with Crippen molar-refractivity contribution in [3.8, 4) is 0 Å². The van der Waals surface area contributed by atoms with Crippen molar-refractivity contribution in [3.05, 3.63) is 23.8 Å². The Labute approximate surface area is 146 Å². The molecular formula is C18H25N3O2S. The highest BCUT2D eigenvalue weighted by atomic mass is 32.1. The van der Waals surface area contributed by atoms with Crippen LogP contribution in [-0.4, -0.2) is 47.1 Å². The average molecular weight is 347 g/mol. The number of fused-ring (bicyclic) bond motifs is 1. The molecule has 2 N–H and O–H groups in total. The number of carbonyl (C=O) groups is 1. The second-order valence-electron chi connectivity index (χ2n) is 6.83. The first-order valence-electron chi connectivity index (χ1n) is 8.54. The molecule has 3 rings (SSSR count). The zero-order valence-electron chi connectivity index (χ0n) is 14.3. The van der Waals surface area contributed by atoms with Crippen molar-refractivity contribution in [2.45, 2.75) is 33.1 Å². The molecule has 6 heteroatoms. The lowest BCUT2D eigenvalue weighted by atomic mass is 9.77. The van der Waals surface area contributed by atoms with Crippen LogP contribution in [-0.2, 0) is 4.79 Å². The van der Waals surface area contributed by atoms with E-state index in [4.69, 9.17) is 0 Å². The molecule has 1 aliphatic heterocycles. The molecule has 0 saturated carbocycles. The Morgan fingerprint density at radius 3 is 2.83 bits per heavy atom. The number of amides is 1. The van der Waals surface area contributed by atoms with Crippen molar-refractivity contribution in [3.63, 3.8) is 0 Å². The second kappa shape index (κ2) is 7.17. The van der Waals surface area contributed by atoms with Gasteiger partial charge in [-0.15, -0.1) is 0 Å². The molecule has 5 nitrogen and oxygen atoms in total. The van der Waals surface area contributed by atoms with Gasteiger partial charge in [-0.2, -0.15) is 0 Å². The van der Waals surface area contributed by atoms with Crippen LogP contribution in [0.5, 0.6) is 0 Å². The molecule has 130 valence electrons. The van der Waals surface area contributed by atoms with Gasteiger partial charge in [0.25, 0.3) is 0 Å². The van der Waals surface area contributed by atoms with Gasteiger partial charge in [0.15, 0.2) is 5.13 Å². The number of aromatic nitrogens is 1. The lowest BCUT2D eigenvalue weighted by Gasteiger charge is -2.39. The molecule has 0 atom stereocenters. The third kappa shape index (κ3) is 3.77. The van der Waals surface area contributed by atoms with Crippen LogP contribution < -0.4 is 5.32 Å². The van der Waals surface area contributed by atoms with Crippen LogP contribution in [0.25, 0.3) is 10.2 Å². The van der Waals surface area contributed by atoms with Gasteiger partial charge in [0, 0.05) is 6.61 Å². The topological polar surface area (TPSA) is 65.5 Å². The Balaban J connectivity index is 1.56. The molecule has 1 aromatic carbocycles. The first-order valence-corrected chi connectivity index (χ1v) is 9.35. The zero-order valence-corrected chi connectivity index (χ0v) is 15.2. The summed E-state index contributed by atoms with van der Waals surface area (Å²) in [7, 11) is 0. The normalized spacial score (nSPS) is 18.0. The summed E-state index contributed by atoms with van der Waals surface area (Å²) in [4.78, 5) is 18.9. The van der Waals surface area contributed by atoms with Crippen LogP contribution in [0, 0.1) is 12.3 Å². The number of hydrogen-bond donors (Lipinski definition) is 2. The first-order chi connectivity index (χ1) is 11.5. The number of aliphatic hydroxyl groups excluding tert-OH is 1. The third-order valence-corrected chi connectivity index (χ3v) is 6.09. The van der Waals surface area contributed by atoms with E-state index in [0.29, 0.717) is 11.7 Å². The molecule has 0 bridgehead atoms. The SMILES string of the molecule is CCC1(CO)CCN(CC(=O)Nc2nc3ccc(C)cc3s2)CC1. The molecule has 1 amide bonds. The molecule has 0 spiro atoms. The molecule has 1 aliphatic rings. The van der Waals surface area contributed by atoms with Crippen molar-refractivity contribution >= 4 is 32.6 Å². The lowest BCUT2D eigenvalue weighted by molar-refractivity contribution is -0.118. The summed E-state index contributed by atoms with van der Waals surface area (Å²) in [6, 6.07) is 6.11. The number of hydrogen-bond acceptors (Lipinski definition) is 5. The standard InChI is InChI=1S/C18H25N3O2S/c1-3-18(12-22)6-8-21(9-7-18)11-16(23)20-17-19-14-5-4-13(2)10-15(14)24-17/h4-5,10,22H,3,6-9,11-12H2,1-2H3,(H,19,20,23). The van der Waals surface area contributed by atoms with E-state index in [1.54, 1.807) is 0 Å². The summed E-state index contributed by atoms with van der Waals surface area (Å²) in [6.07, 6.45) is 2.90. The summed E-state index contributed by atoms with van der Waals surface area (Å²) >= 11 is 1.51. The minimum absolute atomic E-state index is 0.0150. The summed E-state index contributed by atoms with van der Waals surface area (Å²) in [5.41, 5.74) is 2.17. The fourth-order valence-electron chi connectivity index (χ4n) is 3.26. The molecule has 0 unspecified atom stereocenters. The summed E-state index contributed by atoms with van der Waals surface area (Å²) < 4.78 is 1.10. The summed E-state index contributed by atoms with van der Waals surface area (Å²) in [5, 5.41) is 13.2. The van der Waals surface area contributed by atoms with E-state index < -0.39 is 0 Å². The lowest BCUT2D eigenvalue weighted by Crippen LogP contribution is -2.44. The Bertz CT molecular complexity index is 714. The molecule has 2 heterocycles. The summed E-state index contributed by atoms with van der Waals surface area (Å²) in [6.45, 7) is 6.54. The highest BCUT2D eigenvalue weighted by molar-refractivity contribution is 7.22. The molecular weight excluding hydrogens is 322 g/mol. The van der Waals surface area contributed by atoms with Gasteiger partial charge in [0.2, 0.25) is 5.91 Å². The minimum Gasteiger partial charge on any atom is -0.396 e. The van der Waals surface area contributed by atoms with E-state index in [1.165, 1.54) is 16.9 Å². The van der Waals surface area contributed by atoms with Crippen molar-refractivity contribution < 1.29 is 9.90 Å². The van der Waals surface area contributed by atoms with Crippen molar-refractivity contribution in [1.82, 2.24) is 9.88 Å². The quantitative estimate of drug-likeness (QED) is 0.872. The number of anilines is 1. The van der Waals surface area contributed by atoms with Crippen LogP contribution in [0.1, 0.15) is 31.7 Å². The van der Waals surface area contributed by atoms with Gasteiger partial charge in [0.05, 0.1) is 16.8 Å². The number of likely N-dealkylation sites (tertiary alicyclic amines) is 1. The molecule has 24 heavy (non-hydrogen) atoms. The maximum Gasteiger partial charge on any atom is 0.240 e. The predicted molar refractivity (Wildman–Crippen MR) is 98.5 cm³/mol. The van der Waals surface area contributed by atoms with Gasteiger partial charge in [-0.25, -0.2) is 4.98 Å². The van der Waals surface area contributed by atoms with Crippen LogP contribution in [0.4, 0.5) is 5.13 Å². The van der Waals surface area contributed by atoms with Crippen LogP contribution in [0.2, 0.25) is 0 Å². The highest BCUT2D eigenvalue weighted by Gasteiger charge is 2.32. The average Bonchev–Trinajstić information content (AvgIpc) is 2.97. The van der Waals surface area contributed by atoms with E-state index >= 15 is 0 Å². The van der Waals surface area contributed by atoms with Gasteiger partial charge >= 0.3 is 0 Å². The number of aliphatic hydroxyl groups is 1. The number of piperidine rings is 1. The second-order valence-corrected chi connectivity index (χ2v) is 7.86. The Morgan fingerprint density at radius 2 is 2.17 bits per heavy atom. The van der Waals surface area contributed by atoms with Crippen LogP contribution in [0.3, 0.4) is 0 Å². The number of nitrogens with zero attached hydrogens (tertiary/aromatic N) is 2. The van der Waals surface area contributed by atoms with Crippen molar-refractivity contribution in [1.29, 1.82) is 0 Å². The fraction of sp³-hybridized carbons (Fsp3) is 0.556. The Kier molecular flexibility index (Phi) is 5.18. The number of benzene rings is 1. The van der Waals surface area contributed by atoms with E-state index in [-0.39, 0.29) is 17.9 Å². The highest BCUT2D eigenvalue weighted by Crippen LogP contribution is 2.34. The maximum absolute atomic E-state index is 12.3. The Hall–Kier alpha value is -1.50. The monoisotopic (exact) mass is 347 g/mol. The van der Waals surface area contributed by atoms with Gasteiger partial charge in [0.1, 0.15) is 0 Å². The smallest absolute Gasteiger partial charge is 0.240 e. The van der Waals surface area contributed by atoms with Crippen LogP contribution >= 0.6 is 11.3 Å². The van der Waals surface area contributed by atoms with Gasteiger partial charge < -0.3 is 10.4 Å². The zero-order chi connectivity index (χ0) is 17.2. The maximum atomic E-state index is 12.3. The molecule has 2 aromatic rings. The van der Waals surface area contributed by atoms with E-state index in [1.807, 2.05) is 12.1 Å². The minimum atomic E-state index is -0.0150. The number of carbonyl (C=O) groups excluding carboxylic acids is 1. The van der Waals surface area contributed by atoms with E-state index in [9.17, 15) is 9.90 Å². The summed E-state index contributed by atoms with van der Waals surface area (Å²) in [5.74, 6) is -0.0150. The number of nitrogens with one attached hydrogen (secondary N) is 1. The fourth-order valence-corrected chi connectivity index (χ4v) is 4.24. The van der Waals surface area contributed by atoms with Crippen molar-refractivity contribution in [2.24, 2.45) is 5.41 Å². The number of aryl methyl sites for hydroxylation is 1. The van der Waals surface area contributed by atoms with E-state index in [2.05, 4.69) is 35.1 Å². The van der Waals surface area contributed by atoms with Gasteiger partial charge in [-0.1, -0.05) is 24.3 Å². The molecule has 1 fully saturated rings. The molecule has 0 aliphatic carbocycles.